The Morgan fingerprint density at radius 3 is 2.54 bits per heavy atom. The van der Waals surface area contributed by atoms with Crippen LogP contribution in [0, 0.1) is 17.7 Å². The van der Waals surface area contributed by atoms with Crippen LogP contribution in [0.1, 0.15) is 69.8 Å². The number of ether oxygens (including phenoxy) is 2. The minimum Gasteiger partial charge on any atom is -0.352 e. The van der Waals surface area contributed by atoms with E-state index < -0.39 is 0 Å². The summed E-state index contributed by atoms with van der Waals surface area (Å²) >= 11 is 0. The number of allylic oxidation sites excluding steroid dienone is 1. The number of unbranched alkanes of at least 4 members (excludes halogenated alkanes) is 3. The maximum absolute atomic E-state index is 13.4. The maximum atomic E-state index is 13.4. The second kappa shape index (κ2) is 10.2. The van der Waals surface area contributed by atoms with Crippen LogP contribution in [0.3, 0.4) is 0 Å². The van der Waals surface area contributed by atoms with Crippen LogP contribution in [-0.4, -0.2) is 19.5 Å². The monoisotopic (exact) mass is 360 g/mol. The smallest absolute Gasteiger partial charge is 0.160 e. The van der Waals surface area contributed by atoms with Crippen molar-refractivity contribution in [2.75, 3.05) is 13.2 Å². The molecule has 0 spiro atoms. The summed E-state index contributed by atoms with van der Waals surface area (Å²) in [6, 6.07) is 7.09. The number of benzene rings is 1. The molecule has 26 heavy (non-hydrogen) atoms. The lowest BCUT2D eigenvalue weighted by molar-refractivity contribution is -0.222. The fourth-order valence-corrected chi connectivity index (χ4v) is 4.20. The van der Waals surface area contributed by atoms with Crippen molar-refractivity contribution in [3.63, 3.8) is 0 Å². The fourth-order valence-electron chi connectivity index (χ4n) is 4.20. The summed E-state index contributed by atoms with van der Waals surface area (Å²) in [6.45, 7) is 3.79. The molecule has 0 radical (unpaired) electrons. The average Bonchev–Trinajstić information content (AvgIpc) is 2.68. The molecule has 1 heterocycles. The zero-order chi connectivity index (χ0) is 18.2. The quantitative estimate of drug-likeness (QED) is 0.424. The molecule has 0 bridgehead atoms. The van der Waals surface area contributed by atoms with Gasteiger partial charge in [-0.2, -0.15) is 0 Å². The van der Waals surface area contributed by atoms with Gasteiger partial charge in [0.1, 0.15) is 5.82 Å². The van der Waals surface area contributed by atoms with Gasteiger partial charge in [-0.15, -0.1) is 0 Å². The lowest BCUT2D eigenvalue weighted by Gasteiger charge is -2.37. The average molecular weight is 361 g/mol. The molecular weight excluding hydrogens is 327 g/mol. The van der Waals surface area contributed by atoms with Crippen molar-refractivity contribution >= 4 is 0 Å². The summed E-state index contributed by atoms with van der Waals surface area (Å²) in [4.78, 5) is 0. The first-order chi connectivity index (χ1) is 12.8. The molecule has 1 aromatic carbocycles. The molecule has 1 saturated heterocycles. The van der Waals surface area contributed by atoms with Gasteiger partial charge in [-0.3, -0.25) is 0 Å². The van der Waals surface area contributed by atoms with Crippen LogP contribution in [0.25, 0.3) is 0 Å². The third kappa shape index (κ3) is 5.65. The fraction of sp³-hybridized carbons (Fsp3) is 0.652. The van der Waals surface area contributed by atoms with E-state index in [1.807, 2.05) is 6.07 Å². The topological polar surface area (TPSA) is 18.5 Å². The highest BCUT2D eigenvalue weighted by atomic mass is 19.1. The van der Waals surface area contributed by atoms with E-state index in [-0.39, 0.29) is 12.1 Å². The van der Waals surface area contributed by atoms with Crippen LogP contribution in [0.4, 0.5) is 4.39 Å². The molecule has 3 heteroatoms. The van der Waals surface area contributed by atoms with Gasteiger partial charge in [0.15, 0.2) is 6.29 Å². The van der Waals surface area contributed by atoms with Gasteiger partial charge < -0.3 is 9.47 Å². The van der Waals surface area contributed by atoms with Gasteiger partial charge in [0, 0.05) is 11.8 Å². The summed E-state index contributed by atoms with van der Waals surface area (Å²) in [6.07, 6.45) is 13.9. The summed E-state index contributed by atoms with van der Waals surface area (Å²) in [5, 5.41) is 0. The van der Waals surface area contributed by atoms with E-state index in [9.17, 15) is 4.39 Å². The predicted octanol–water partition coefficient (Wildman–Crippen LogP) is 6.23. The molecular formula is C23H33FO2. The standard InChI is InChI=1S/C23H33FO2/c1-2-3-4-5-6-8-18-16-25-23(26-17-18)20-13-11-19(12-14-20)21-9-7-10-22(24)15-21/h6-10,15,18-20,23H,2-5,11-14,16-17H2,1H3. The highest BCUT2D eigenvalue weighted by Gasteiger charge is 2.32. The summed E-state index contributed by atoms with van der Waals surface area (Å²) in [5.74, 6) is 1.23. The molecule has 2 nitrogen and oxygen atoms in total. The Bertz CT molecular complexity index is 555. The predicted molar refractivity (Wildman–Crippen MR) is 104 cm³/mol. The molecule has 1 aromatic rings. The molecule has 3 rings (SSSR count). The van der Waals surface area contributed by atoms with Crippen molar-refractivity contribution in [2.45, 2.75) is 70.5 Å². The van der Waals surface area contributed by atoms with Gasteiger partial charge in [-0.1, -0.05) is 44.1 Å². The highest BCUT2D eigenvalue weighted by molar-refractivity contribution is 5.21. The first-order valence-corrected chi connectivity index (χ1v) is 10.4. The van der Waals surface area contributed by atoms with E-state index in [1.54, 1.807) is 6.07 Å². The van der Waals surface area contributed by atoms with Gasteiger partial charge >= 0.3 is 0 Å². The number of hydrogen-bond acceptors (Lipinski definition) is 2. The molecule has 1 aliphatic carbocycles. The first kappa shape index (κ1) is 19.6. The molecule has 144 valence electrons. The molecule has 1 saturated carbocycles. The van der Waals surface area contributed by atoms with Crippen molar-refractivity contribution in [3.8, 4) is 0 Å². The summed E-state index contributed by atoms with van der Waals surface area (Å²) < 4.78 is 25.5. The van der Waals surface area contributed by atoms with Gasteiger partial charge in [0.05, 0.1) is 13.2 Å². The van der Waals surface area contributed by atoms with E-state index >= 15 is 0 Å². The number of hydrogen-bond donors (Lipinski definition) is 0. The first-order valence-electron chi connectivity index (χ1n) is 10.4. The van der Waals surface area contributed by atoms with Crippen molar-refractivity contribution in [3.05, 3.63) is 47.8 Å². The van der Waals surface area contributed by atoms with Crippen LogP contribution in [-0.2, 0) is 9.47 Å². The van der Waals surface area contributed by atoms with Gasteiger partial charge in [0.25, 0.3) is 0 Å². The van der Waals surface area contributed by atoms with E-state index in [0.717, 1.165) is 50.9 Å². The third-order valence-corrected chi connectivity index (χ3v) is 5.81. The largest absolute Gasteiger partial charge is 0.352 e. The Hall–Kier alpha value is -1.19. The summed E-state index contributed by atoms with van der Waals surface area (Å²) in [7, 11) is 0. The Morgan fingerprint density at radius 1 is 1.08 bits per heavy atom. The highest BCUT2D eigenvalue weighted by Crippen LogP contribution is 2.39. The summed E-state index contributed by atoms with van der Waals surface area (Å²) in [5.41, 5.74) is 1.14. The molecule has 1 aliphatic heterocycles. The molecule has 2 fully saturated rings. The van der Waals surface area contributed by atoms with Crippen LogP contribution >= 0.6 is 0 Å². The zero-order valence-corrected chi connectivity index (χ0v) is 16.0. The van der Waals surface area contributed by atoms with Gasteiger partial charge in [0.2, 0.25) is 0 Å². The molecule has 0 atom stereocenters. The molecule has 2 aliphatic rings. The molecule has 0 aromatic heterocycles. The third-order valence-electron chi connectivity index (χ3n) is 5.81. The molecule has 0 unspecified atom stereocenters. The molecule has 0 amide bonds. The minimum atomic E-state index is -0.127. The molecule has 0 N–H and O–H groups in total. The van der Waals surface area contributed by atoms with E-state index in [2.05, 4.69) is 25.1 Å². The van der Waals surface area contributed by atoms with Crippen molar-refractivity contribution in [1.82, 2.24) is 0 Å². The lowest BCUT2D eigenvalue weighted by atomic mass is 9.78. The van der Waals surface area contributed by atoms with Crippen LogP contribution < -0.4 is 0 Å². The van der Waals surface area contributed by atoms with Crippen LogP contribution in [0.15, 0.2) is 36.4 Å². The Morgan fingerprint density at radius 2 is 1.85 bits per heavy atom. The van der Waals surface area contributed by atoms with E-state index in [1.165, 1.54) is 25.3 Å². The van der Waals surface area contributed by atoms with E-state index in [0.29, 0.717) is 17.8 Å². The second-order valence-electron chi connectivity index (χ2n) is 7.89. The van der Waals surface area contributed by atoms with Crippen molar-refractivity contribution in [1.29, 1.82) is 0 Å². The lowest BCUT2D eigenvalue weighted by Crippen LogP contribution is -2.37. The Kier molecular flexibility index (Phi) is 7.69. The second-order valence-corrected chi connectivity index (χ2v) is 7.89. The van der Waals surface area contributed by atoms with Gasteiger partial charge in [-0.25, -0.2) is 4.39 Å². The zero-order valence-electron chi connectivity index (χ0n) is 16.0. The Balaban J connectivity index is 1.38. The minimum absolute atomic E-state index is 0.0480. The number of rotatable bonds is 7. The van der Waals surface area contributed by atoms with E-state index in [4.69, 9.17) is 9.47 Å². The van der Waals surface area contributed by atoms with Crippen LogP contribution in [0.2, 0.25) is 0 Å². The van der Waals surface area contributed by atoms with Crippen molar-refractivity contribution in [2.24, 2.45) is 11.8 Å². The SMILES string of the molecule is CCCCCC=CC1COC(C2CCC(c3cccc(F)c3)CC2)OC1. The Labute approximate surface area is 157 Å². The van der Waals surface area contributed by atoms with Crippen molar-refractivity contribution < 1.29 is 13.9 Å². The van der Waals surface area contributed by atoms with Gasteiger partial charge in [-0.05, 0) is 62.1 Å². The normalized spacial score (nSPS) is 29.9. The maximum Gasteiger partial charge on any atom is 0.160 e. The number of halogens is 1. The van der Waals surface area contributed by atoms with Crippen LogP contribution in [0.5, 0.6) is 0 Å².